The number of nitrogens with one attached hydrogen (secondary N) is 1. The number of aromatic amines is 1. The van der Waals surface area contributed by atoms with E-state index in [1.54, 1.807) is 0 Å². The molecule has 0 bridgehead atoms. The highest BCUT2D eigenvalue weighted by molar-refractivity contribution is 5.74. The first-order valence-electron chi connectivity index (χ1n) is 8.56. The Kier molecular flexibility index (Phi) is 3.80. The first-order chi connectivity index (χ1) is 11.7. The Labute approximate surface area is 141 Å². The van der Waals surface area contributed by atoms with Crippen LogP contribution < -0.4 is 10.6 Å². The molecule has 0 saturated carbocycles. The molecule has 4 rings (SSSR count). The molecule has 3 aromatic rings. The maximum Gasteiger partial charge on any atom is 0.134 e. The van der Waals surface area contributed by atoms with Crippen molar-refractivity contribution >= 4 is 22.7 Å². The van der Waals surface area contributed by atoms with Crippen LogP contribution in [-0.2, 0) is 6.42 Å². The van der Waals surface area contributed by atoms with E-state index in [0.29, 0.717) is 11.7 Å². The number of nitrogens with two attached hydrogens (primary N) is 1. The minimum Gasteiger partial charge on any atom is -0.384 e. The quantitative estimate of drug-likeness (QED) is 0.774. The molecule has 24 heavy (non-hydrogen) atoms. The summed E-state index contributed by atoms with van der Waals surface area (Å²) in [7, 11) is 0. The Morgan fingerprint density at radius 1 is 1.17 bits per heavy atom. The third-order valence-electron chi connectivity index (χ3n) is 4.71. The number of imidazole rings is 1. The number of piperidine rings is 1. The molecule has 1 aromatic carbocycles. The van der Waals surface area contributed by atoms with Crippen molar-refractivity contribution in [3.8, 4) is 0 Å². The van der Waals surface area contributed by atoms with E-state index in [9.17, 15) is 0 Å². The molecule has 0 radical (unpaired) electrons. The zero-order chi connectivity index (χ0) is 16.5. The number of para-hydroxylation sites is 2. The summed E-state index contributed by atoms with van der Waals surface area (Å²) < 4.78 is 0. The number of benzene rings is 1. The molecule has 0 spiro atoms. The summed E-state index contributed by atoms with van der Waals surface area (Å²) in [4.78, 5) is 19.4. The molecule has 1 saturated heterocycles. The van der Waals surface area contributed by atoms with Crippen LogP contribution in [0.2, 0.25) is 0 Å². The fraction of sp³-hybridized carbons (Fsp3) is 0.389. The number of aromatic nitrogens is 4. The summed E-state index contributed by atoms with van der Waals surface area (Å²) in [5.74, 6) is 3.88. The van der Waals surface area contributed by atoms with Crippen molar-refractivity contribution in [2.75, 3.05) is 23.7 Å². The van der Waals surface area contributed by atoms with Gasteiger partial charge in [-0.15, -0.1) is 0 Å². The van der Waals surface area contributed by atoms with Crippen molar-refractivity contribution < 1.29 is 0 Å². The zero-order valence-electron chi connectivity index (χ0n) is 13.9. The van der Waals surface area contributed by atoms with Crippen molar-refractivity contribution in [3.05, 3.63) is 42.0 Å². The van der Waals surface area contributed by atoms with Crippen LogP contribution in [0, 0.1) is 0 Å². The van der Waals surface area contributed by atoms with Gasteiger partial charge < -0.3 is 15.6 Å². The van der Waals surface area contributed by atoms with Gasteiger partial charge >= 0.3 is 0 Å². The second-order valence-corrected chi connectivity index (χ2v) is 6.32. The Hall–Kier alpha value is -2.63. The van der Waals surface area contributed by atoms with Crippen molar-refractivity contribution in [3.63, 3.8) is 0 Å². The molecule has 2 aromatic heterocycles. The number of H-pyrrole nitrogens is 1. The summed E-state index contributed by atoms with van der Waals surface area (Å²) >= 11 is 0. The molecule has 1 fully saturated rings. The van der Waals surface area contributed by atoms with Crippen LogP contribution >= 0.6 is 0 Å². The van der Waals surface area contributed by atoms with Crippen LogP contribution in [0.4, 0.5) is 11.6 Å². The monoisotopic (exact) mass is 322 g/mol. The van der Waals surface area contributed by atoms with E-state index in [2.05, 4.69) is 32.0 Å². The minimum absolute atomic E-state index is 0.471. The molecule has 1 aliphatic heterocycles. The molecule has 0 amide bonds. The third kappa shape index (κ3) is 2.79. The standard InChI is InChI=1S/C18H22N6/c1-2-16-22-15(19)11-17(23-16)24-9-7-12(8-10-24)18-20-13-5-3-4-6-14(13)21-18/h3-6,11-12H,2,7-10H2,1H3,(H,20,21)(H2,19,22,23). The van der Waals surface area contributed by atoms with Gasteiger partial charge in [-0.2, -0.15) is 0 Å². The molecule has 6 heteroatoms. The first-order valence-corrected chi connectivity index (χ1v) is 8.56. The van der Waals surface area contributed by atoms with E-state index in [0.717, 1.165) is 60.9 Å². The summed E-state index contributed by atoms with van der Waals surface area (Å²) in [6.45, 7) is 3.97. The van der Waals surface area contributed by atoms with Crippen molar-refractivity contribution in [1.82, 2.24) is 19.9 Å². The molecule has 3 heterocycles. The highest BCUT2D eigenvalue weighted by Gasteiger charge is 2.24. The predicted octanol–water partition coefficient (Wildman–Crippen LogP) is 2.88. The Morgan fingerprint density at radius 2 is 1.96 bits per heavy atom. The third-order valence-corrected chi connectivity index (χ3v) is 4.71. The number of rotatable bonds is 3. The van der Waals surface area contributed by atoms with Crippen molar-refractivity contribution in [2.24, 2.45) is 0 Å². The molecule has 124 valence electrons. The maximum atomic E-state index is 5.91. The van der Waals surface area contributed by atoms with Gasteiger partial charge in [0, 0.05) is 31.5 Å². The molecule has 3 N–H and O–H groups in total. The zero-order valence-corrected chi connectivity index (χ0v) is 13.9. The predicted molar refractivity (Wildman–Crippen MR) is 96.1 cm³/mol. The fourth-order valence-corrected chi connectivity index (χ4v) is 3.37. The highest BCUT2D eigenvalue weighted by Crippen LogP contribution is 2.29. The van der Waals surface area contributed by atoms with Crippen molar-refractivity contribution in [1.29, 1.82) is 0 Å². The molecule has 0 atom stereocenters. The number of nitrogens with zero attached hydrogens (tertiary/aromatic N) is 4. The largest absolute Gasteiger partial charge is 0.384 e. The van der Waals surface area contributed by atoms with E-state index in [1.165, 1.54) is 0 Å². The minimum atomic E-state index is 0.471. The lowest BCUT2D eigenvalue weighted by Gasteiger charge is -2.32. The first kappa shape index (κ1) is 14.9. The summed E-state index contributed by atoms with van der Waals surface area (Å²) in [6.07, 6.45) is 2.92. The summed E-state index contributed by atoms with van der Waals surface area (Å²) in [6, 6.07) is 10.1. The molecular weight excluding hydrogens is 300 g/mol. The van der Waals surface area contributed by atoms with Gasteiger partial charge in [0.25, 0.3) is 0 Å². The fourth-order valence-electron chi connectivity index (χ4n) is 3.37. The van der Waals surface area contributed by atoms with E-state index < -0.39 is 0 Å². The highest BCUT2D eigenvalue weighted by atomic mass is 15.2. The number of anilines is 2. The topological polar surface area (TPSA) is 83.7 Å². The van der Waals surface area contributed by atoms with Gasteiger partial charge in [-0.25, -0.2) is 15.0 Å². The lowest BCUT2D eigenvalue weighted by Crippen LogP contribution is -2.34. The molecule has 6 nitrogen and oxygen atoms in total. The number of aryl methyl sites for hydroxylation is 1. The number of nitrogen functional groups attached to an aromatic ring is 1. The van der Waals surface area contributed by atoms with Crippen LogP contribution in [-0.4, -0.2) is 33.0 Å². The number of hydrogen-bond donors (Lipinski definition) is 2. The number of fused-ring (bicyclic) bond motifs is 1. The van der Waals surface area contributed by atoms with Crippen LogP contribution in [0.5, 0.6) is 0 Å². The van der Waals surface area contributed by atoms with Gasteiger partial charge in [0.1, 0.15) is 23.3 Å². The Balaban J connectivity index is 1.49. The molecule has 0 aliphatic carbocycles. The van der Waals surface area contributed by atoms with Gasteiger partial charge in [0.05, 0.1) is 11.0 Å². The van der Waals surface area contributed by atoms with Crippen LogP contribution in [0.25, 0.3) is 11.0 Å². The van der Waals surface area contributed by atoms with Crippen LogP contribution in [0.3, 0.4) is 0 Å². The molecule has 0 unspecified atom stereocenters. The van der Waals surface area contributed by atoms with E-state index in [1.807, 2.05) is 25.1 Å². The van der Waals surface area contributed by atoms with Gasteiger partial charge in [-0.1, -0.05) is 19.1 Å². The Morgan fingerprint density at radius 3 is 2.71 bits per heavy atom. The lowest BCUT2D eigenvalue weighted by molar-refractivity contribution is 0.487. The van der Waals surface area contributed by atoms with Gasteiger partial charge in [0.2, 0.25) is 0 Å². The van der Waals surface area contributed by atoms with E-state index >= 15 is 0 Å². The van der Waals surface area contributed by atoms with Gasteiger partial charge in [-0.05, 0) is 25.0 Å². The van der Waals surface area contributed by atoms with E-state index in [-0.39, 0.29) is 0 Å². The normalized spacial score (nSPS) is 16.0. The Bertz CT molecular complexity index is 815. The van der Waals surface area contributed by atoms with Gasteiger partial charge in [0.15, 0.2) is 0 Å². The van der Waals surface area contributed by atoms with Crippen molar-refractivity contribution in [2.45, 2.75) is 32.1 Å². The SMILES string of the molecule is CCc1nc(N)cc(N2CCC(c3nc4ccccc4[nH]3)CC2)n1. The average molecular weight is 322 g/mol. The number of hydrogen-bond acceptors (Lipinski definition) is 5. The second kappa shape index (κ2) is 6.11. The summed E-state index contributed by atoms with van der Waals surface area (Å²) in [5.41, 5.74) is 8.07. The van der Waals surface area contributed by atoms with Gasteiger partial charge in [-0.3, -0.25) is 0 Å². The van der Waals surface area contributed by atoms with Crippen LogP contribution in [0.1, 0.15) is 37.3 Å². The maximum absolute atomic E-state index is 5.91. The molecular formula is C18H22N6. The van der Waals surface area contributed by atoms with E-state index in [4.69, 9.17) is 10.7 Å². The van der Waals surface area contributed by atoms with Crippen LogP contribution in [0.15, 0.2) is 30.3 Å². The summed E-state index contributed by atoms with van der Waals surface area (Å²) in [5, 5.41) is 0. The molecule has 1 aliphatic rings. The second-order valence-electron chi connectivity index (χ2n) is 6.32. The lowest BCUT2D eigenvalue weighted by atomic mass is 9.96. The smallest absolute Gasteiger partial charge is 0.134 e. The average Bonchev–Trinajstić information content (AvgIpc) is 3.05.